The van der Waals surface area contributed by atoms with Gasteiger partial charge in [-0.15, -0.1) is 0 Å². The van der Waals surface area contributed by atoms with E-state index in [1.165, 1.54) is 12.0 Å². The molecule has 2 aromatic carbocycles. The molecule has 0 bridgehead atoms. The van der Waals surface area contributed by atoms with Crippen molar-refractivity contribution in [2.45, 2.75) is 38.3 Å². The van der Waals surface area contributed by atoms with E-state index in [4.69, 9.17) is 0 Å². The molecule has 0 saturated heterocycles. The topological polar surface area (TPSA) is 28.7 Å². The number of imidazole rings is 1. The van der Waals surface area contributed by atoms with Crippen molar-refractivity contribution < 1.29 is 0 Å². The van der Waals surface area contributed by atoms with Gasteiger partial charge in [0.05, 0.1) is 11.0 Å². The third-order valence-corrected chi connectivity index (χ3v) is 4.39. The molecule has 0 spiro atoms. The van der Waals surface area contributed by atoms with Gasteiger partial charge >= 0.3 is 0 Å². The van der Waals surface area contributed by atoms with Crippen molar-refractivity contribution in [1.29, 1.82) is 0 Å². The Morgan fingerprint density at radius 3 is 2.32 bits per heavy atom. The number of aromatic amines is 1. The summed E-state index contributed by atoms with van der Waals surface area (Å²) in [5.41, 5.74) is 3.62. The first-order valence-corrected chi connectivity index (χ1v) is 8.85. The van der Waals surface area contributed by atoms with Gasteiger partial charge in [-0.2, -0.15) is 0 Å². The molecule has 1 aromatic heterocycles. The molecule has 1 N–H and O–H groups in total. The van der Waals surface area contributed by atoms with E-state index in [-0.39, 0.29) is 0 Å². The number of aromatic nitrogens is 2. The fourth-order valence-electron chi connectivity index (χ4n) is 2.15. The molecule has 0 aliphatic heterocycles. The quantitative estimate of drug-likeness (QED) is 0.610. The Balaban J connectivity index is 0.000000164. The molecule has 22 heavy (non-hydrogen) atoms. The summed E-state index contributed by atoms with van der Waals surface area (Å²) >= 11 is 1.73. The van der Waals surface area contributed by atoms with Gasteiger partial charge < -0.3 is 4.98 Å². The number of fused-ring (bicyclic) bond motifs is 1. The molecule has 0 amide bonds. The molecule has 1 atom stereocenters. The van der Waals surface area contributed by atoms with Crippen LogP contribution in [0.25, 0.3) is 11.0 Å². The molecule has 0 aliphatic carbocycles. The second-order valence-corrected chi connectivity index (χ2v) is 6.46. The molecule has 0 saturated carbocycles. The maximum Gasteiger partial charge on any atom is 0.166 e. The summed E-state index contributed by atoms with van der Waals surface area (Å²) in [6, 6.07) is 18.7. The number of hydrogen-bond acceptors (Lipinski definition) is 2. The van der Waals surface area contributed by atoms with E-state index in [1.54, 1.807) is 11.8 Å². The van der Waals surface area contributed by atoms with Crippen molar-refractivity contribution in [2.24, 2.45) is 0 Å². The zero-order valence-electron chi connectivity index (χ0n) is 13.5. The highest BCUT2D eigenvalue weighted by atomic mass is 32.2. The number of hydrogen-bond donors (Lipinski definition) is 1. The highest BCUT2D eigenvalue weighted by molar-refractivity contribution is 7.99. The molecule has 1 unspecified atom stereocenters. The Morgan fingerprint density at radius 2 is 1.68 bits per heavy atom. The zero-order chi connectivity index (χ0) is 15.8. The lowest BCUT2D eigenvalue weighted by Crippen LogP contribution is -1.88. The smallest absolute Gasteiger partial charge is 0.166 e. The number of nitrogens with one attached hydrogen (secondary N) is 1. The second-order valence-electron chi connectivity index (χ2n) is 5.21. The van der Waals surface area contributed by atoms with E-state index < -0.39 is 0 Å². The Hall–Kier alpha value is -1.74. The van der Waals surface area contributed by atoms with Crippen molar-refractivity contribution in [2.75, 3.05) is 5.75 Å². The largest absolute Gasteiger partial charge is 0.333 e. The lowest BCUT2D eigenvalue weighted by Gasteiger charge is -2.06. The van der Waals surface area contributed by atoms with Gasteiger partial charge in [0, 0.05) is 0 Å². The number of H-pyrrole nitrogens is 1. The number of thioether (sulfide) groups is 1. The zero-order valence-corrected chi connectivity index (χ0v) is 14.4. The van der Waals surface area contributed by atoms with Crippen LogP contribution in [-0.4, -0.2) is 15.7 Å². The lowest BCUT2D eigenvalue weighted by atomic mass is 9.99. The van der Waals surface area contributed by atoms with Gasteiger partial charge in [-0.3, -0.25) is 0 Å². The average Bonchev–Trinajstić information content (AvgIpc) is 2.98. The van der Waals surface area contributed by atoms with Crippen molar-refractivity contribution in [3.63, 3.8) is 0 Å². The highest BCUT2D eigenvalue weighted by Gasteiger charge is 2.00. The minimum Gasteiger partial charge on any atom is -0.333 e. The van der Waals surface area contributed by atoms with E-state index >= 15 is 0 Å². The first-order valence-electron chi connectivity index (χ1n) is 7.87. The van der Waals surface area contributed by atoms with Crippen molar-refractivity contribution in [3.8, 4) is 0 Å². The van der Waals surface area contributed by atoms with Gasteiger partial charge in [0.25, 0.3) is 0 Å². The fraction of sp³-hybridized carbons (Fsp3) is 0.316. The second kappa shape index (κ2) is 8.64. The predicted molar refractivity (Wildman–Crippen MR) is 97.6 cm³/mol. The predicted octanol–water partition coefficient (Wildman–Crippen LogP) is 5.88. The van der Waals surface area contributed by atoms with Crippen LogP contribution in [0.15, 0.2) is 59.8 Å². The molecule has 2 nitrogen and oxygen atoms in total. The molecular formula is C19H24N2S. The van der Waals surface area contributed by atoms with Gasteiger partial charge in [0.2, 0.25) is 0 Å². The maximum absolute atomic E-state index is 4.41. The third kappa shape index (κ3) is 4.63. The molecule has 3 aromatic rings. The van der Waals surface area contributed by atoms with E-state index in [1.807, 2.05) is 24.3 Å². The standard InChI is InChI=1S/C10H14.C9H10N2S/c1-3-9(2)10-7-5-4-6-8-10;1-2-12-9-10-7-5-3-4-6-8(7)11-9/h4-9H,3H2,1-2H3;3-6H,2H2,1H3,(H,10,11). The van der Waals surface area contributed by atoms with Crippen molar-refractivity contribution >= 4 is 22.8 Å². The molecule has 3 rings (SSSR count). The van der Waals surface area contributed by atoms with Crippen LogP contribution in [0.1, 0.15) is 38.7 Å². The summed E-state index contributed by atoms with van der Waals surface area (Å²) < 4.78 is 0. The minimum absolute atomic E-state index is 0.709. The summed E-state index contributed by atoms with van der Waals surface area (Å²) in [4.78, 5) is 7.66. The van der Waals surface area contributed by atoms with Crippen molar-refractivity contribution in [1.82, 2.24) is 9.97 Å². The van der Waals surface area contributed by atoms with E-state index in [0.717, 1.165) is 21.9 Å². The SMILES string of the molecule is CCC(C)c1ccccc1.CCSc1nc2ccccc2[nH]1. The van der Waals surface area contributed by atoms with Crippen LogP contribution in [0, 0.1) is 0 Å². The highest BCUT2D eigenvalue weighted by Crippen LogP contribution is 2.18. The summed E-state index contributed by atoms with van der Waals surface area (Å²) in [6.07, 6.45) is 1.23. The summed E-state index contributed by atoms with van der Waals surface area (Å²) in [6.45, 7) is 6.60. The Labute approximate surface area is 137 Å². The average molecular weight is 312 g/mol. The Kier molecular flexibility index (Phi) is 6.53. The maximum atomic E-state index is 4.41. The van der Waals surface area contributed by atoms with Crippen LogP contribution in [0.2, 0.25) is 0 Å². The molecule has 0 aliphatic rings. The fourth-order valence-corrected chi connectivity index (χ4v) is 2.77. The molecular weight excluding hydrogens is 288 g/mol. The van der Waals surface area contributed by atoms with E-state index in [9.17, 15) is 0 Å². The summed E-state index contributed by atoms with van der Waals surface area (Å²) in [7, 11) is 0. The van der Waals surface area contributed by atoms with Crippen LogP contribution in [-0.2, 0) is 0 Å². The monoisotopic (exact) mass is 312 g/mol. The van der Waals surface area contributed by atoms with E-state index in [0.29, 0.717) is 5.92 Å². The van der Waals surface area contributed by atoms with Crippen LogP contribution in [0.5, 0.6) is 0 Å². The number of rotatable bonds is 4. The van der Waals surface area contributed by atoms with Gasteiger partial charge in [-0.25, -0.2) is 4.98 Å². The Morgan fingerprint density at radius 1 is 1.00 bits per heavy atom. The van der Waals surface area contributed by atoms with Gasteiger partial charge in [0.15, 0.2) is 5.16 Å². The van der Waals surface area contributed by atoms with Crippen molar-refractivity contribution in [3.05, 3.63) is 60.2 Å². The van der Waals surface area contributed by atoms with Crippen LogP contribution in [0.3, 0.4) is 0 Å². The third-order valence-electron chi connectivity index (χ3n) is 3.63. The number of benzene rings is 2. The van der Waals surface area contributed by atoms with Gasteiger partial charge in [-0.1, -0.05) is 75.0 Å². The van der Waals surface area contributed by atoms with Crippen LogP contribution in [0.4, 0.5) is 0 Å². The van der Waals surface area contributed by atoms with Gasteiger partial charge in [0.1, 0.15) is 0 Å². The first kappa shape index (κ1) is 16.6. The Bertz CT molecular complexity index is 643. The normalized spacial score (nSPS) is 11.8. The molecule has 0 fully saturated rings. The number of para-hydroxylation sites is 2. The summed E-state index contributed by atoms with van der Waals surface area (Å²) in [5.74, 6) is 1.76. The van der Waals surface area contributed by atoms with Crippen LogP contribution < -0.4 is 0 Å². The molecule has 0 radical (unpaired) electrons. The molecule has 3 heteroatoms. The lowest BCUT2D eigenvalue weighted by molar-refractivity contribution is 0.733. The molecule has 116 valence electrons. The van der Waals surface area contributed by atoms with Crippen LogP contribution >= 0.6 is 11.8 Å². The summed E-state index contributed by atoms with van der Waals surface area (Å²) in [5, 5.41) is 1.01. The van der Waals surface area contributed by atoms with E-state index in [2.05, 4.69) is 61.1 Å². The minimum atomic E-state index is 0.709. The molecule has 1 heterocycles. The number of nitrogens with zero attached hydrogens (tertiary/aromatic N) is 1. The first-order chi connectivity index (χ1) is 10.7. The van der Waals surface area contributed by atoms with Gasteiger partial charge in [-0.05, 0) is 35.8 Å².